The number of pyridine rings is 1. The van der Waals surface area contributed by atoms with Crippen molar-refractivity contribution in [1.82, 2.24) is 30.1 Å². The first-order chi connectivity index (χ1) is 19.4. The van der Waals surface area contributed by atoms with Crippen molar-refractivity contribution in [2.45, 2.75) is 45.4 Å². The molecule has 0 aliphatic carbocycles. The van der Waals surface area contributed by atoms with Crippen LogP contribution in [0.25, 0.3) is 10.9 Å². The second-order valence-electron chi connectivity index (χ2n) is 10.7. The number of aryl methyl sites for hydroxylation is 2. The SMILES string of the molecule is Cc1cc(C)c2[nH]c(=O)c([C@@H](c3nnnn3C[C@H]3CCCO3)N3CCN(c4ccc([N+](=O)[O-])cc4)CC3)cc2c1. The normalized spacial score (nSPS) is 18.9. The number of nitrogens with zero attached hydrogens (tertiary/aromatic N) is 7. The highest BCUT2D eigenvalue weighted by molar-refractivity contribution is 5.83. The highest BCUT2D eigenvalue weighted by Crippen LogP contribution is 2.30. The lowest BCUT2D eigenvalue weighted by Crippen LogP contribution is -2.49. The quantitative estimate of drug-likeness (QED) is 0.275. The number of fused-ring (bicyclic) bond motifs is 1. The molecule has 4 aromatic rings. The summed E-state index contributed by atoms with van der Waals surface area (Å²) < 4.78 is 7.65. The van der Waals surface area contributed by atoms with Crippen LogP contribution in [0.15, 0.2) is 47.3 Å². The average Bonchev–Trinajstić information content (AvgIpc) is 3.63. The van der Waals surface area contributed by atoms with Crippen LogP contribution in [0.3, 0.4) is 0 Å². The second kappa shape index (κ2) is 10.8. The first kappa shape index (κ1) is 26.1. The van der Waals surface area contributed by atoms with E-state index in [0.29, 0.717) is 44.1 Å². The molecule has 4 heterocycles. The minimum atomic E-state index is -0.454. The van der Waals surface area contributed by atoms with Crippen LogP contribution in [0.5, 0.6) is 0 Å². The molecule has 0 radical (unpaired) electrons. The van der Waals surface area contributed by atoms with Crippen LogP contribution < -0.4 is 10.5 Å². The van der Waals surface area contributed by atoms with Crippen LogP contribution in [-0.4, -0.2) is 73.9 Å². The Balaban J connectivity index is 1.35. The van der Waals surface area contributed by atoms with Crippen molar-refractivity contribution in [2.75, 3.05) is 37.7 Å². The standard InChI is InChI=1S/C28H32N8O4/c1-18-14-19(2)25-20(15-18)16-24(28(37)29-25)26(27-30-31-32-35(27)17-23-4-3-13-40-23)34-11-9-33(10-12-34)21-5-7-22(8-6-21)36(38)39/h5-8,14-16,23,26H,3-4,9-13,17H2,1-2H3,(H,29,37)/t23-,26+/m1/s1. The number of anilines is 1. The van der Waals surface area contributed by atoms with E-state index < -0.39 is 11.0 Å². The summed E-state index contributed by atoms with van der Waals surface area (Å²) in [4.78, 5) is 31.9. The Morgan fingerprint density at radius 1 is 1.12 bits per heavy atom. The van der Waals surface area contributed by atoms with Crippen LogP contribution >= 0.6 is 0 Å². The average molecular weight is 545 g/mol. The Kier molecular flexibility index (Phi) is 7.03. The van der Waals surface area contributed by atoms with Gasteiger partial charge >= 0.3 is 0 Å². The number of non-ortho nitro benzene ring substituents is 1. The molecule has 2 aliphatic heterocycles. The summed E-state index contributed by atoms with van der Waals surface area (Å²) in [5, 5.41) is 24.8. The fourth-order valence-electron chi connectivity index (χ4n) is 5.95. The van der Waals surface area contributed by atoms with Crippen molar-refractivity contribution in [2.24, 2.45) is 0 Å². The van der Waals surface area contributed by atoms with E-state index in [9.17, 15) is 14.9 Å². The molecule has 0 bridgehead atoms. The van der Waals surface area contributed by atoms with E-state index in [1.54, 1.807) is 16.8 Å². The van der Waals surface area contributed by atoms with Crippen molar-refractivity contribution >= 4 is 22.3 Å². The van der Waals surface area contributed by atoms with Crippen LogP contribution in [0, 0.1) is 24.0 Å². The Morgan fingerprint density at radius 3 is 2.60 bits per heavy atom. The van der Waals surface area contributed by atoms with Gasteiger partial charge in [0.1, 0.15) is 6.04 Å². The van der Waals surface area contributed by atoms with Gasteiger partial charge < -0.3 is 14.6 Å². The number of tetrazole rings is 1. The molecule has 2 atom stereocenters. The minimum absolute atomic E-state index is 0.0436. The zero-order valence-corrected chi connectivity index (χ0v) is 22.6. The molecule has 2 aromatic carbocycles. The third-order valence-electron chi connectivity index (χ3n) is 7.93. The number of ether oxygens (including phenoxy) is 1. The monoisotopic (exact) mass is 544 g/mol. The molecule has 40 heavy (non-hydrogen) atoms. The molecule has 0 amide bonds. The topological polar surface area (TPSA) is 135 Å². The van der Waals surface area contributed by atoms with Crippen molar-refractivity contribution in [1.29, 1.82) is 0 Å². The minimum Gasteiger partial charge on any atom is -0.376 e. The molecule has 12 nitrogen and oxygen atoms in total. The number of aromatic amines is 1. The van der Waals surface area contributed by atoms with Gasteiger partial charge in [-0.05, 0) is 72.3 Å². The maximum Gasteiger partial charge on any atom is 0.269 e. The lowest BCUT2D eigenvalue weighted by Gasteiger charge is -2.39. The third kappa shape index (κ3) is 5.07. The van der Waals surface area contributed by atoms with Gasteiger partial charge in [-0.25, -0.2) is 4.68 Å². The highest BCUT2D eigenvalue weighted by atomic mass is 16.6. The van der Waals surface area contributed by atoms with Gasteiger partial charge in [-0.3, -0.25) is 19.8 Å². The number of nitrogens with one attached hydrogen (secondary N) is 1. The number of hydrogen-bond donors (Lipinski definition) is 1. The summed E-state index contributed by atoms with van der Waals surface area (Å²) in [5.74, 6) is 0.619. The van der Waals surface area contributed by atoms with Crippen molar-refractivity contribution < 1.29 is 9.66 Å². The molecule has 2 aliphatic rings. The van der Waals surface area contributed by atoms with Gasteiger partial charge in [0.15, 0.2) is 5.82 Å². The van der Waals surface area contributed by atoms with E-state index in [-0.39, 0.29) is 17.4 Å². The molecular weight excluding hydrogens is 512 g/mol. The maximum absolute atomic E-state index is 13.6. The fraction of sp³-hybridized carbons (Fsp3) is 0.429. The molecule has 0 spiro atoms. The molecular formula is C28H32N8O4. The smallest absolute Gasteiger partial charge is 0.269 e. The Morgan fingerprint density at radius 2 is 1.90 bits per heavy atom. The molecule has 2 fully saturated rings. The number of H-pyrrole nitrogens is 1. The number of aromatic nitrogens is 5. The number of nitro groups is 1. The van der Waals surface area contributed by atoms with E-state index in [2.05, 4.69) is 42.4 Å². The van der Waals surface area contributed by atoms with Gasteiger partial charge in [-0.15, -0.1) is 5.10 Å². The van der Waals surface area contributed by atoms with Gasteiger partial charge in [-0.1, -0.05) is 11.6 Å². The van der Waals surface area contributed by atoms with Crippen LogP contribution in [-0.2, 0) is 11.3 Å². The Hall–Kier alpha value is -4.16. The van der Waals surface area contributed by atoms with Crippen LogP contribution in [0.4, 0.5) is 11.4 Å². The third-order valence-corrected chi connectivity index (χ3v) is 7.93. The lowest BCUT2D eigenvalue weighted by atomic mass is 10.00. The van der Waals surface area contributed by atoms with Crippen LogP contribution in [0.2, 0.25) is 0 Å². The number of rotatable bonds is 7. The fourth-order valence-corrected chi connectivity index (χ4v) is 5.95. The summed E-state index contributed by atoms with van der Waals surface area (Å²) in [5.41, 5.74) is 4.43. The Labute approximate surface area is 230 Å². The summed E-state index contributed by atoms with van der Waals surface area (Å²) in [7, 11) is 0. The van der Waals surface area contributed by atoms with Gasteiger partial charge in [0, 0.05) is 56.2 Å². The molecule has 12 heteroatoms. The Bertz CT molecular complexity index is 1580. The first-order valence-electron chi connectivity index (χ1n) is 13.6. The zero-order chi connectivity index (χ0) is 27.8. The first-order valence-corrected chi connectivity index (χ1v) is 13.6. The van der Waals surface area contributed by atoms with E-state index in [4.69, 9.17) is 4.74 Å². The van der Waals surface area contributed by atoms with Gasteiger partial charge in [0.05, 0.1) is 23.1 Å². The number of piperazine rings is 1. The number of nitro benzene ring substituents is 1. The van der Waals surface area contributed by atoms with Gasteiger partial charge in [0.25, 0.3) is 11.2 Å². The van der Waals surface area contributed by atoms with Gasteiger partial charge in [-0.2, -0.15) is 0 Å². The van der Waals surface area contributed by atoms with E-state index in [0.717, 1.165) is 47.2 Å². The van der Waals surface area contributed by atoms with E-state index in [1.807, 2.05) is 19.9 Å². The predicted molar refractivity (Wildman–Crippen MR) is 150 cm³/mol. The van der Waals surface area contributed by atoms with Crippen LogP contribution in [0.1, 0.15) is 41.4 Å². The summed E-state index contributed by atoms with van der Waals surface area (Å²) in [6, 6.07) is 12.3. The molecule has 0 saturated carbocycles. The molecule has 208 valence electrons. The highest BCUT2D eigenvalue weighted by Gasteiger charge is 2.33. The summed E-state index contributed by atoms with van der Waals surface area (Å²) in [6.07, 6.45) is 2.01. The predicted octanol–water partition coefficient (Wildman–Crippen LogP) is 3.13. The lowest BCUT2D eigenvalue weighted by molar-refractivity contribution is -0.384. The molecule has 1 N–H and O–H groups in total. The molecule has 2 aromatic heterocycles. The van der Waals surface area contributed by atoms with Crippen molar-refractivity contribution in [3.63, 3.8) is 0 Å². The molecule has 2 saturated heterocycles. The zero-order valence-electron chi connectivity index (χ0n) is 22.6. The van der Waals surface area contributed by atoms with Crippen molar-refractivity contribution in [3.8, 4) is 0 Å². The summed E-state index contributed by atoms with van der Waals surface area (Å²) in [6.45, 7) is 7.99. The number of benzene rings is 2. The largest absolute Gasteiger partial charge is 0.376 e. The van der Waals surface area contributed by atoms with E-state index in [1.165, 1.54) is 12.1 Å². The number of hydrogen-bond acceptors (Lipinski definition) is 9. The second-order valence-corrected chi connectivity index (χ2v) is 10.7. The maximum atomic E-state index is 13.6. The molecule has 6 rings (SSSR count). The van der Waals surface area contributed by atoms with Crippen molar-refractivity contribution in [3.05, 3.63) is 85.4 Å². The molecule has 0 unspecified atom stereocenters. The summed E-state index contributed by atoms with van der Waals surface area (Å²) >= 11 is 0. The van der Waals surface area contributed by atoms with E-state index >= 15 is 0 Å². The van der Waals surface area contributed by atoms with Gasteiger partial charge in [0.2, 0.25) is 0 Å².